The molecular weight excluding hydrogens is 214 g/mol. The summed E-state index contributed by atoms with van der Waals surface area (Å²) in [7, 11) is -1.28. The molecular formula is C9H17N3O2S. The summed E-state index contributed by atoms with van der Waals surface area (Å²) in [6.07, 6.45) is 0. The summed E-state index contributed by atoms with van der Waals surface area (Å²) >= 11 is 0. The first-order chi connectivity index (χ1) is 6.87. The van der Waals surface area contributed by atoms with Gasteiger partial charge >= 0.3 is 0 Å². The van der Waals surface area contributed by atoms with Gasteiger partial charge in [-0.3, -0.25) is 4.68 Å². The van der Waals surface area contributed by atoms with Crippen LogP contribution in [-0.2, 0) is 23.6 Å². The lowest BCUT2D eigenvalue weighted by Crippen LogP contribution is -2.25. The highest BCUT2D eigenvalue weighted by molar-refractivity contribution is 7.89. The van der Waals surface area contributed by atoms with Crippen LogP contribution in [0, 0.1) is 13.8 Å². The Bertz CT molecular complexity index is 448. The van der Waals surface area contributed by atoms with Gasteiger partial charge in [0, 0.05) is 24.8 Å². The fourth-order valence-electron chi connectivity index (χ4n) is 1.36. The average molecular weight is 231 g/mol. The zero-order valence-corrected chi connectivity index (χ0v) is 10.3. The first kappa shape index (κ1) is 12.2. The van der Waals surface area contributed by atoms with Crippen molar-refractivity contribution in [1.29, 1.82) is 0 Å². The van der Waals surface area contributed by atoms with Crippen LogP contribution in [0.4, 0.5) is 0 Å². The highest BCUT2D eigenvalue weighted by atomic mass is 32.2. The quantitative estimate of drug-likeness (QED) is 0.819. The Morgan fingerprint density at radius 1 is 1.40 bits per heavy atom. The predicted octanol–water partition coefficient (Wildman–Crippen LogP) is 0.476. The van der Waals surface area contributed by atoms with E-state index in [4.69, 9.17) is 0 Å². The number of hydrogen-bond donors (Lipinski definition) is 1. The van der Waals surface area contributed by atoms with Crippen molar-refractivity contribution in [3.05, 3.63) is 17.0 Å². The van der Waals surface area contributed by atoms with Crippen molar-refractivity contribution in [1.82, 2.24) is 14.5 Å². The van der Waals surface area contributed by atoms with Crippen molar-refractivity contribution >= 4 is 10.0 Å². The Kier molecular flexibility index (Phi) is 3.51. The van der Waals surface area contributed by atoms with Crippen molar-refractivity contribution in [3.8, 4) is 0 Å². The van der Waals surface area contributed by atoms with Crippen molar-refractivity contribution < 1.29 is 8.42 Å². The summed E-state index contributed by atoms with van der Waals surface area (Å²) in [5.74, 6) is 0.103. The van der Waals surface area contributed by atoms with Gasteiger partial charge in [0.25, 0.3) is 0 Å². The van der Waals surface area contributed by atoms with E-state index in [2.05, 4.69) is 9.82 Å². The second kappa shape index (κ2) is 4.32. The summed E-state index contributed by atoms with van der Waals surface area (Å²) < 4.78 is 26.8. The van der Waals surface area contributed by atoms with Crippen LogP contribution in [0.2, 0.25) is 0 Å². The first-order valence-corrected chi connectivity index (χ1v) is 6.49. The fraction of sp³-hybridized carbons (Fsp3) is 0.667. The van der Waals surface area contributed by atoms with Crippen molar-refractivity contribution in [2.75, 3.05) is 5.75 Å². The van der Waals surface area contributed by atoms with Gasteiger partial charge in [-0.1, -0.05) is 0 Å². The van der Waals surface area contributed by atoms with E-state index in [0.717, 1.165) is 17.0 Å². The molecule has 0 unspecified atom stereocenters. The molecule has 5 nitrogen and oxygen atoms in total. The minimum Gasteiger partial charge on any atom is -0.272 e. The third-order valence-corrected chi connectivity index (χ3v) is 3.85. The number of nitrogens with zero attached hydrogens (tertiary/aromatic N) is 2. The molecule has 0 saturated carbocycles. The van der Waals surface area contributed by atoms with Gasteiger partial charge < -0.3 is 0 Å². The van der Waals surface area contributed by atoms with Gasteiger partial charge in [-0.2, -0.15) is 5.10 Å². The Hall–Kier alpha value is -0.880. The van der Waals surface area contributed by atoms with E-state index in [1.165, 1.54) is 0 Å². The average Bonchev–Trinajstić information content (AvgIpc) is 2.39. The minimum atomic E-state index is -3.13. The second-order valence-corrected chi connectivity index (χ2v) is 5.59. The van der Waals surface area contributed by atoms with Crippen molar-refractivity contribution in [2.24, 2.45) is 7.05 Å². The largest absolute Gasteiger partial charge is 0.272 e. The van der Waals surface area contributed by atoms with E-state index in [9.17, 15) is 8.42 Å². The summed E-state index contributed by atoms with van der Waals surface area (Å²) in [5, 5.41) is 4.22. The van der Waals surface area contributed by atoms with Crippen LogP contribution in [0.25, 0.3) is 0 Å². The SMILES string of the molecule is CCS(=O)(=O)NCc1c(C)nn(C)c1C. The monoisotopic (exact) mass is 231 g/mol. The van der Waals surface area contributed by atoms with E-state index in [-0.39, 0.29) is 5.75 Å². The van der Waals surface area contributed by atoms with Gasteiger partial charge in [0.15, 0.2) is 0 Å². The number of hydrogen-bond acceptors (Lipinski definition) is 3. The number of aryl methyl sites for hydroxylation is 2. The molecule has 6 heteroatoms. The number of aromatic nitrogens is 2. The lowest BCUT2D eigenvalue weighted by atomic mass is 10.2. The molecule has 0 saturated heterocycles. The smallest absolute Gasteiger partial charge is 0.211 e. The van der Waals surface area contributed by atoms with Crippen LogP contribution in [0.5, 0.6) is 0 Å². The van der Waals surface area contributed by atoms with E-state index in [1.54, 1.807) is 11.6 Å². The van der Waals surface area contributed by atoms with Crippen LogP contribution in [0.1, 0.15) is 23.9 Å². The molecule has 0 aliphatic rings. The van der Waals surface area contributed by atoms with Gasteiger partial charge in [0.2, 0.25) is 10.0 Å². The molecule has 0 aliphatic heterocycles. The molecule has 86 valence electrons. The lowest BCUT2D eigenvalue weighted by molar-refractivity contribution is 0.582. The van der Waals surface area contributed by atoms with Gasteiger partial charge in [-0.15, -0.1) is 0 Å². The molecule has 0 amide bonds. The summed E-state index contributed by atoms with van der Waals surface area (Å²) in [5.41, 5.74) is 2.81. The van der Waals surface area contributed by atoms with Crippen LogP contribution in [0.15, 0.2) is 0 Å². The zero-order valence-electron chi connectivity index (χ0n) is 9.53. The highest BCUT2D eigenvalue weighted by Crippen LogP contribution is 2.11. The third kappa shape index (κ3) is 2.79. The first-order valence-electron chi connectivity index (χ1n) is 4.83. The van der Waals surface area contributed by atoms with Gasteiger partial charge in [-0.25, -0.2) is 13.1 Å². The van der Waals surface area contributed by atoms with E-state index in [1.807, 2.05) is 20.9 Å². The molecule has 1 aromatic heterocycles. The predicted molar refractivity (Wildman–Crippen MR) is 59.0 cm³/mol. The number of rotatable bonds is 4. The van der Waals surface area contributed by atoms with Crippen molar-refractivity contribution in [3.63, 3.8) is 0 Å². The summed E-state index contributed by atoms with van der Waals surface area (Å²) in [4.78, 5) is 0. The van der Waals surface area contributed by atoms with E-state index >= 15 is 0 Å². The third-order valence-electron chi connectivity index (χ3n) is 2.51. The molecule has 0 fully saturated rings. The molecule has 0 aliphatic carbocycles. The molecule has 15 heavy (non-hydrogen) atoms. The second-order valence-electron chi connectivity index (χ2n) is 3.50. The van der Waals surface area contributed by atoms with E-state index < -0.39 is 10.0 Å². The normalized spacial score (nSPS) is 12.0. The standard InChI is InChI=1S/C9H17N3O2S/c1-5-15(13,14)10-6-9-7(2)11-12(4)8(9)3/h10H,5-6H2,1-4H3. The Labute approximate surface area is 90.5 Å². The van der Waals surface area contributed by atoms with Crippen LogP contribution in [-0.4, -0.2) is 24.0 Å². The molecule has 1 aromatic rings. The van der Waals surface area contributed by atoms with Crippen LogP contribution in [0.3, 0.4) is 0 Å². The van der Waals surface area contributed by atoms with Crippen molar-refractivity contribution in [2.45, 2.75) is 27.3 Å². The maximum absolute atomic E-state index is 11.3. The maximum Gasteiger partial charge on any atom is 0.211 e. The Balaban J connectivity index is 2.83. The molecule has 0 spiro atoms. The van der Waals surface area contributed by atoms with Gasteiger partial charge in [-0.05, 0) is 20.8 Å². The molecule has 1 heterocycles. The summed E-state index contributed by atoms with van der Waals surface area (Å²) in [6.45, 7) is 5.74. The summed E-state index contributed by atoms with van der Waals surface area (Å²) in [6, 6.07) is 0. The Morgan fingerprint density at radius 3 is 2.40 bits per heavy atom. The van der Waals surface area contributed by atoms with Gasteiger partial charge in [0.1, 0.15) is 0 Å². The maximum atomic E-state index is 11.3. The topological polar surface area (TPSA) is 64.0 Å². The van der Waals surface area contributed by atoms with Crippen LogP contribution >= 0.6 is 0 Å². The van der Waals surface area contributed by atoms with Gasteiger partial charge in [0.05, 0.1) is 11.4 Å². The van der Waals surface area contributed by atoms with Crippen LogP contribution < -0.4 is 4.72 Å². The highest BCUT2D eigenvalue weighted by Gasteiger charge is 2.12. The minimum absolute atomic E-state index is 0.103. The molecule has 1 rings (SSSR count). The molecule has 0 bridgehead atoms. The Morgan fingerprint density at radius 2 is 2.00 bits per heavy atom. The molecule has 0 atom stereocenters. The molecule has 1 N–H and O–H groups in total. The molecule has 0 radical (unpaired) electrons. The zero-order chi connectivity index (χ0) is 11.6. The van der Waals surface area contributed by atoms with E-state index in [0.29, 0.717) is 6.54 Å². The lowest BCUT2D eigenvalue weighted by Gasteiger charge is -2.04. The number of nitrogens with one attached hydrogen (secondary N) is 1. The number of sulfonamides is 1. The fourth-order valence-corrected chi connectivity index (χ4v) is 1.93. The molecule has 0 aromatic carbocycles.